The van der Waals surface area contributed by atoms with Gasteiger partial charge in [0.1, 0.15) is 12.3 Å². The molecule has 0 radical (unpaired) electrons. The molecule has 3 atom stereocenters. The van der Waals surface area contributed by atoms with Crippen LogP contribution in [-0.4, -0.2) is 56.7 Å². The van der Waals surface area contributed by atoms with Gasteiger partial charge in [0.15, 0.2) is 0 Å². The number of nitriles is 1. The molecule has 0 aliphatic carbocycles. The van der Waals surface area contributed by atoms with E-state index in [-0.39, 0.29) is 31.8 Å². The molecule has 2 fully saturated rings. The van der Waals surface area contributed by atoms with Crippen molar-refractivity contribution in [3.05, 3.63) is 24.3 Å². The van der Waals surface area contributed by atoms with Gasteiger partial charge in [-0.2, -0.15) is 13.7 Å². The maximum atomic E-state index is 14.2. The van der Waals surface area contributed by atoms with Crippen LogP contribution >= 0.6 is 0 Å². The van der Waals surface area contributed by atoms with Gasteiger partial charge in [0, 0.05) is 43.2 Å². The van der Waals surface area contributed by atoms with Gasteiger partial charge in [0.25, 0.3) is 10.1 Å². The van der Waals surface area contributed by atoms with Gasteiger partial charge in [-0.3, -0.25) is 9.45 Å². The fourth-order valence-corrected chi connectivity index (χ4v) is 4.10. The highest BCUT2D eigenvalue weighted by Gasteiger charge is 2.33. The predicted molar refractivity (Wildman–Crippen MR) is 101 cm³/mol. The first kappa shape index (κ1) is 20.4. The molecule has 28 heavy (non-hydrogen) atoms. The normalized spacial score (nSPS) is 25.5. The van der Waals surface area contributed by atoms with E-state index >= 15 is 0 Å². The van der Waals surface area contributed by atoms with Crippen molar-refractivity contribution in [1.82, 2.24) is 0 Å². The number of benzene rings is 1. The van der Waals surface area contributed by atoms with Gasteiger partial charge < -0.3 is 9.64 Å². The zero-order valence-corrected chi connectivity index (χ0v) is 16.0. The Balaban J connectivity index is 1.60. The van der Waals surface area contributed by atoms with Gasteiger partial charge in [0.05, 0.1) is 18.4 Å². The lowest BCUT2D eigenvalue weighted by Gasteiger charge is -2.35. The average Bonchev–Trinajstić information content (AvgIpc) is 3.02. The molecule has 10 heteroatoms. The van der Waals surface area contributed by atoms with Crippen molar-refractivity contribution in [2.24, 2.45) is 5.92 Å². The minimum Gasteiger partial charge on any atom is -0.444 e. The Hall–Kier alpha value is -2.38. The third-order valence-corrected chi connectivity index (χ3v) is 5.88. The molecule has 1 amide bonds. The predicted octanol–water partition coefficient (Wildman–Crippen LogP) is 2.37. The van der Waals surface area contributed by atoms with E-state index in [1.54, 1.807) is 24.3 Å². The second kappa shape index (κ2) is 8.32. The Kier molecular flexibility index (Phi) is 6.05. The first-order valence-corrected chi connectivity index (χ1v) is 10.7. The molecule has 1 aromatic carbocycles. The number of amides is 1. The van der Waals surface area contributed by atoms with Crippen LogP contribution in [0.15, 0.2) is 24.3 Å². The molecular weight excluding hydrogens is 389 g/mol. The van der Waals surface area contributed by atoms with Gasteiger partial charge in [-0.15, -0.1) is 0 Å². The summed E-state index contributed by atoms with van der Waals surface area (Å²) in [5, 5.41) is 8.75. The number of carbonyl (C=O) groups excluding carboxylic acids is 1. The van der Waals surface area contributed by atoms with Crippen molar-refractivity contribution in [1.29, 1.82) is 5.26 Å². The van der Waals surface area contributed by atoms with E-state index in [0.29, 0.717) is 18.7 Å². The number of ether oxygens (including phenoxy) is 1. The van der Waals surface area contributed by atoms with E-state index in [1.807, 2.05) is 11.0 Å². The monoisotopic (exact) mass is 411 g/mol. The summed E-state index contributed by atoms with van der Waals surface area (Å²) < 4.78 is 49.9. The summed E-state index contributed by atoms with van der Waals surface area (Å²) in [6.07, 6.45) is -1.37. The largest absolute Gasteiger partial charge is 0.444 e. The minimum absolute atomic E-state index is 0.0225. The first-order valence-electron chi connectivity index (χ1n) is 9.06. The quantitative estimate of drug-likeness (QED) is 0.715. The molecule has 0 saturated carbocycles. The second-order valence-corrected chi connectivity index (χ2v) is 8.65. The highest BCUT2D eigenvalue weighted by molar-refractivity contribution is 7.85. The highest BCUT2D eigenvalue weighted by atomic mass is 32.2. The number of alkyl halides is 1. The second-order valence-electron chi connectivity index (χ2n) is 7.08. The molecule has 152 valence electrons. The Morgan fingerprint density at radius 1 is 1.25 bits per heavy atom. The van der Waals surface area contributed by atoms with Gasteiger partial charge in [-0.05, 0) is 30.7 Å². The van der Waals surface area contributed by atoms with Crippen molar-refractivity contribution in [2.45, 2.75) is 31.5 Å². The smallest absolute Gasteiger partial charge is 0.414 e. The number of anilines is 2. The number of cyclic esters (lactones) is 1. The fraction of sp³-hybridized carbons (Fsp3) is 0.556. The maximum absolute atomic E-state index is 14.2. The van der Waals surface area contributed by atoms with Gasteiger partial charge in [-0.1, -0.05) is 0 Å². The minimum atomic E-state index is -4.11. The molecule has 1 N–H and O–H groups in total. The third kappa shape index (κ3) is 4.91. The van der Waals surface area contributed by atoms with E-state index in [9.17, 15) is 17.6 Å². The molecule has 0 spiro atoms. The summed E-state index contributed by atoms with van der Waals surface area (Å²) in [4.78, 5) is 15.4. The fourth-order valence-electron chi connectivity index (χ4n) is 3.54. The van der Waals surface area contributed by atoms with Gasteiger partial charge >= 0.3 is 6.09 Å². The lowest BCUT2D eigenvalue weighted by atomic mass is 9.92. The summed E-state index contributed by atoms with van der Waals surface area (Å²) in [7, 11) is -4.11. The molecule has 2 aliphatic heterocycles. The molecule has 1 aromatic rings. The summed E-state index contributed by atoms with van der Waals surface area (Å²) in [6, 6.07) is 9.09. The molecule has 0 aromatic heterocycles. The number of carbonyl (C=O) groups is 1. The molecule has 3 rings (SSSR count). The van der Waals surface area contributed by atoms with Crippen LogP contribution in [0, 0.1) is 17.2 Å². The lowest BCUT2D eigenvalue weighted by molar-refractivity contribution is 0.139. The summed E-state index contributed by atoms with van der Waals surface area (Å²) in [5.74, 6) is -0.691. The van der Waals surface area contributed by atoms with Crippen LogP contribution in [0.4, 0.5) is 20.6 Å². The summed E-state index contributed by atoms with van der Waals surface area (Å²) in [6.45, 7) is 1.09. The molecular formula is C18H22FN3O5S. The van der Waals surface area contributed by atoms with Crippen LogP contribution in [0.2, 0.25) is 0 Å². The highest BCUT2D eigenvalue weighted by Crippen LogP contribution is 2.30. The Bertz CT molecular complexity index is 855. The number of rotatable bonds is 6. The molecule has 8 nitrogen and oxygen atoms in total. The standard InChI is InChI=1S/C18H22FN3O5S/c19-17-12-21(9-6-13(17)5-8-20)14-1-3-15(4-2-14)22-11-16(27-18(22)23)7-10-28(24,25)26/h1-4,13,16-17H,5-7,9-12H2,(H,24,25,26). The van der Waals surface area contributed by atoms with Crippen LogP contribution < -0.4 is 9.80 Å². The van der Waals surface area contributed by atoms with Crippen LogP contribution in [0.3, 0.4) is 0 Å². The SMILES string of the molecule is N#CCC1CCN(c2ccc(N3CC(CCS(=O)(=O)O)OC3=O)cc2)CC1F. The molecule has 2 saturated heterocycles. The molecule has 0 bridgehead atoms. The first-order chi connectivity index (χ1) is 13.3. The topological polar surface area (TPSA) is 111 Å². The van der Waals surface area contributed by atoms with E-state index in [2.05, 4.69) is 0 Å². The van der Waals surface area contributed by atoms with Gasteiger partial charge in [-0.25, -0.2) is 9.18 Å². The number of hydrogen-bond acceptors (Lipinski definition) is 6. The van der Waals surface area contributed by atoms with Crippen molar-refractivity contribution in [3.63, 3.8) is 0 Å². The van der Waals surface area contributed by atoms with Crippen LogP contribution in [-0.2, 0) is 14.9 Å². The maximum Gasteiger partial charge on any atom is 0.414 e. The Morgan fingerprint density at radius 2 is 1.93 bits per heavy atom. The Labute approximate surface area is 163 Å². The van der Waals surface area contributed by atoms with Crippen molar-refractivity contribution < 1.29 is 26.9 Å². The average molecular weight is 411 g/mol. The zero-order valence-electron chi connectivity index (χ0n) is 15.2. The third-order valence-electron chi connectivity index (χ3n) is 5.13. The van der Waals surface area contributed by atoms with Crippen molar-refractivity contribution >= 4 is 27.6 Å². The summed E-state index contributed by atoms with van der Waals surface area (Å²) in [5.41, 5.74) is 1.43. The van der Waals surface area contributed by atoms with Crippen LogP contribution in [0.25, 0.3) is 0 Å². The van der Waals surface area contributed by atoms with Crippen molar-refractivity contribution in [2.75, 3.05) is 35.2 Å². The van der Waals surface area contributed by atoms with E-state index in [1.165, 1.54) is 4.90 Å². The number of nitrogens with zero attached hydrogens (tertiary/aromatic N) is 3. The number of hydrogen-bond donors (Lipinski definition) is 1. The van der Waals surface area contributed by atoms with Gasteiger partial charge in [0.2, 0.25) is 0 Å². The zero-order chi connectivity index (χ0) is 20.3. The Morgan fingerprint density at radius 3 is 2.54 bits per heavy atom. The van der Waals surface area contributed by atoms with E-state index in [4.69, 9.17) is 14.6 Å². The number of piperidine rings is 1. The van der Waals surface area contributed by atoms with Crippen molar-refractivity contribution in [3.8, 4) is 6.07 Å². The van der Waals surface area contributed by atoms with Crippen LogP contribution in [0.5, 0.6) is 0 Å². The summed E-state index contributed by atoms with van der Waals surface area (Å²) >= 11 is 0. The molecule has 2 heterocycles. The molecule has 3 unspecified atom stereocenters. The van der Waals surface area contributed by atoms with E-state index in [0.717, 1.165) is 5.69 Å². The van der Waals surface area contributed by atoms with Crippen LogP contribution in [0.1, 0.15) is 19.3 Å². The number of halogens is 1. The van der Waals surface area contributed by atoms with E-state index < -0.39 is 34.2 Å². The lowest BCUT2D eigenvalue weighted by Crippen LogP contribution is -2.41. The molecule has 2 aliphatic rings.